The van der Waals surface area contributed by atoms with Crippen molar-refractivity contribution in [1.29, 1.82) is 0 Å². The first kappa shape index (κ1) is 9.53. The van der Waals surface area contributed by atoms with Crippen molar-refractivity contribution < 1.29 is 0 Å². The molecule has 3 heterocycles. The maximum Gasteiger partial charge on any atom is 0.279 e. The molecule has 0 spiro atoms. The minimum atomic E-state index is -0.206. The molecule has 80 valence electrons. The van der Waals surface area contributed by atoms with Crippen molar-refractivity contribution in [1.82, 2.24) is 19.4 Å². The van der Waals surface area contributed by atoms with Crippen LogP contribution in [0.1, 0.15) is 5.82 Å². The van der Waals surface area contributed by atoms with E-state index in [1.807, 2.05) is 18.3 Å². The molecule has 0 amide bonds. The van der Waals surface area contributed by atoms with Crippen LogP contribution in [-0.4, -0.2) is 19.4 Å². The molecule has 0 aliphatic rings. The third-order valence-corrected chi connectivity index (χ3v) is 2.81. The van der Waals surface area contributed by atoms with E-state index in [1.54, 1.807) is 11.3 Å². The maximum atomic E-state index is 11.7. The van der Waals surface area contributed by atoms with Crippen LogP contribution in [0.25, 0.3) is 16.8 Å². The summed E-state index contributed by atoms with van der Waals surface area (Å²) in [5.74, 6) is 0.583. The lowest BCUT2D eigenvalue weighted by Gasteiger charge is -1.96. The lowest BCUT2D eigenvalue weighted by molar-refractivity contribution is 1.03. The molecule has 0 atom stereocenters. The van der Waals surface area contributed by atoms with E-state index in [1.165, 1.54) is 0 Å². The molecule has 3 aromatic rings. The highest BCUT2D eigenvalue weighted by Gasteiger charge is 2.09. The Kier molecular flexibility index (Phi) is 1.88. The van der Waals surface area contributed by atoms with Gasteiger partial charge in [0.25, 0.3) is 5.56 Å². The lowest BCUT2D eigenvalue weighted by Crippen LogP contribution is -2.09. The number of aryl methyl sites for hydroxylation is 1. The van der Waals surface area contributed by atoms with Crippen molar-refractivity contribution >= 4 is 32.7 Å². The zero-order chi connectivity index (χ0) is 11.3. The van der Waals surface area contributed by atoms with Crippen LogP contribution in [0.2, 0.25) is 0 Å². The van der Waals surface area contributed by atoms with Gasteiger partial charge in [-0.1, -0.05) is 0 Å². The van der Waals surface area contributed by atoms with E-state index in [9.17, 15) is 4.79 Å². The van der Waals surface area contributed by atoms with Gasteiger partial charge < -0.3 is 4.98 Å². The van der Waals surface area contributed by atoms with Crippen molar-refractivity contribution in [3.8, 4) is 0 Å². The Morgan fingerprint density at radius 1 is 1.38 bits per heavy atom. The number of rotatable bonds is 0. The molecule has 0 aliphatic heterocycles. The predicted octanol–water partition coefficient (Wildman–Crippen LogP) is 1.64. The van der Waals surface area contributed by atoms with Gasteiger partial charge in [0.2, 0.25) is 0 Å². The SMILES string of the molecule is Cc1nc2c(nc3ccc(Br)cn32)c(=O)[nH]1. The van der Waals surface area contributed by atoms with E-state index in [0.29, 0.717) is 22.6 Å². The van der Waals surface area contributed by atoms with E-state index in [-0.39, 0.29) is 5.56 Å². The summed E-state index contributed by atoms with van der Waals surface area (Å²) in [6.07, 6.45) is 1.84. The fraction of sp³-hybridized carbons (Fsp3) is 0.100. The molecule has 0 saturated carbocycles. The fourth-order valence-corrected chi connectivity index (χ4v) is 2.01. The number of imidazole rings is 1. The van der Waals surface area contributed by atoms with Crippen molar-refractivity contribution in [3.63, 3.8) is 0 Å². The minimum Gasteiger partial charge on any atom is -0.309 e. The van der Waals surface area contributed by atoms with E-state index < -0.39 is 0 Å². The van der Waals surface area contributed by atoms with Gasteiger partial charge in [0.15, 0.2) is 11.2 Å². The second-order valence-corrected chi connectivity index (χ2v) is 4.43. The normalized spacial score (nSPS) is 11.4. The summed E-state index contributed by atoms with van der Waals surface area (Å²) in [5.41, 5.74) is 1.45. The van der Waals surface area contributed by atoms with Gasteiger partial charge in [-0.2, -0.15) is 0 Å². The summed E-state index contributed by atoms with van der Waals surface area (Å²) in [5, 5.41) is 0. The Morgan fingerprint density at radius 3 is 3.00 bits per heavy atom. The summed E-state index contributed by atoms with van der Waals surface area (Å²) in [6.45, 7) is 1.75. The number of nitrogens with one attached hydrogen (secondary N) is 1. The Morgan fingerprint density at radius 2 is 2.19 bits per heavy atom. The summed E-state index contributed by atoms with van der Waals surface area (Å²) >= 11 is 3.38. The van der Waals surface area contributed by atoms with Crippen LogP contribution < -0.4 is 5.56 Å². The summed E-state index contributed by atoms with van der Waals surface area (Å²) < 4.78 is 2.71. The Labute approximate surface area is 98.3 Å². The average molecular weight is 279 g/mol. The average Bonchev–Trinajstić information content (AvgIpc) is 2.57. The van der Waals surface area contributed by atoms with Gasteiger partial charge in [-0.05, 0) is 35.0 Å². The quantitative estimate of drug-likeness (QED) is 0.680. The third-order valence-electron chi connectivity index (χ3n) is 2.34. The van der Waals surface area contributed by atoms with Crippen LogP contribution in [0.3, 0.4) is 0 Å². The number of nitrogens with zero attached hydrogens (tertiary/aromatic N) is 3. The zero-order valence-electron chi connectivity index (χ0n) is 8.36. The predicted molar refractivity (Wildman–Crippen MR) is 63.6 cm³/mol. The molecule has 5 nitrogen and oxygen atoms in total. The van der Waals surface area contributed by atoms with E-state index in [2.05, 4.69) is 30.9 Å². The van der Waals surface area contributed by atoms with E-state index in [0.717, 1.165) is 4.47 Å². The van der Waals surface area contributed by atoms with Gasteiger partial charge in [0.05, 0.1) is 0 Å². The minimum absolute atomic E-state index is 0.206. The van der Waals surface area contributed by atoms with Crippen LogP contribution in [0, 0.1) is 6.92 Å². The largest absolute Gasteiger partial charge is 0.309 e. The van der Waals surface area contributed by atoms with E-state index in [4.69, 9.17) is 0 Å². The molecular weight excluding hydrogens is 272 g/mol. The van der Waals surface area contributed by atoms with Gasteiger partial charge >= 0.3 is 0 Å². The van der Waals surface area contributed by atoms with E-state index >= 15 is 0 Å². The Balaban J connectivity index is 2.62. The lowest BCUT2D eigenvalue weighted by atomic mass is 10.5. The zero-order valence-corrected chi connectivity index (χ0v) is 9.95. The van der Waals surface area contributed by atoms with Gasteiger partial charge in [0, 0.05) is 10.7 Å². The number of H-pyrrole nitrogens is 1. The maximum absolute atomic E-state index is 11.7. The standard InChI is InChI=1S/C10H7BrN4O/c1-5-12-9-8(10(16)13-5)14-7-3-2-6(11)4-15(7)9/h2-4H,1H3,(H,12,13,16). The first-order valence-corrected chi connectivity index (χ1v) is 5.49. The van der Waals surface area contributed by atoms with Crippen LogP contribution in [0.4, 0.5) is 0 Å². The molecular formula is C10H7BrN4O. The Hall–Kier alpha value is -1.69. The fourth-order valence-electron chi connectivity index (χ4n) is 1.68. The molecule has 3 rings (SSSR count). The molecule has 0 aliphatic carbocycles. The van der Waals surface area contributed by atoms with Crippen LogP contribution in [0.15, 0.2) is 27.6 Å². The molecule has 0 unspecified atom stereocenters. The molecule has 16 heavy (non-hydrogen) atoms. The second kappa shape index (κ2) is 3.15. The van der Waals surface area contributed by atoms with Gasteiger partial charge in [0.1, 0.15) is 11.5 Å². The molecule has 0 radical (unpaired) electrons. The molecule has 6 heteroatoms. The molecule has 1 N–H and O–H groups in total. The highest BCUT2D eigenvalue weighted by molar-refractivity contribution is 9.10. The molecule has 0 aromatic carbocycles. The number of hydrogen-bond acceptors (Lipinski definition) is 3. The van der Waals surface area contributed by atoms with Crippen molar-refractivity contribution in [2.45, 2.75) is 6.92 Å². The number of aromatic nitrogens is 4. The first-order chi connectivity index (χ1) is 7.65. The molecule has 0 bridgehead atoms. The molecule has 0 fully saturated rings. The van der Waals surface area contributed by atoms with Crippen LogP contribution in [0.5, 0.6) is 0 Å². The third kappa shape index (κ3) is 1.26. The van der Waals surface area contributed by atoms with Crippen molar-refractivity contribution in [2.24, 2.45) is 0 Å². The molecule has 3 aromatic heterocycles. The topological polar surface area (TPSA) is 63.1 Å². The summed E-state index contributed by atoms with van der Waals surface area (Å²) in [6, 6.07) is 3.71. The smallest absolute Gasteiger partial charge is 0.279 e. The van der Waals surface area contributed by atoms with Crippen LogP contribution in [-0.2, 0) is 0 Å². The highest BCUT2D eigenvalue weighted by Crippen LogP contribution is 2.15. The monoisotopic (exact) mass is 278 g/mol. The first-order valence-electron chi connectivity index (χ1n) is 4.69. The second-order valence-electron chi connectivity index (χ2n) is 3.51. The van der Waals surface area contributed by atoms with Crippen molar-refractivity contribution in [3.05, 3.63) is 39.0 Å². The highest BCUT2D eigenvalue weighted by atomic mass is 79.9. The number of hydrogen-bond donors (Lipinski definition) is 1. The van der Waals surface area contributed by atoms with Gasteiger partial charge in [-0.15, -0.1) is 0 Å². The van der Waals surface area contributed by atoms with Crippen molar-refractivity contribution in [2.75, 3.05) is 0 Å². The van der Waals surface area contributed by atoms with Gasteiger partial charge in [-0.3, -0.25) is 9.20 Å². The van der Waals surface area contributed by atoms with Crippen LogP contribution >= 0.6 is 15.9 Å². The summed E-state index contributed by atoms with van der Waals surface area (Å²) in [4.78, 5) is 22.8. The Bertz CT molecular complexity index is 758. The summed E-state index contributed by atoms with van der Waals surface area (Å²) in [7, 11) is 0. The molecule has 0 saturated heterocycles. The number of halogens is 1. The van der Waals surface area contributed by atoms with Gasteiger partial charge in [-0.25, -0.2) is 9.97 Å². The number of fused-ring (bicyclic) bond motifs is 3. The number of pyridine rings is 1. The number of aromatic amines is 1.